The Morgan fingerprint density at radius 1 is 1.05 bits per heavy atom. The fourth-order valence-electron chi connectivity index (χ4n) is 4.02. The van der Waals surface area contributed by atoms with Crippen LogP contribution in [0.25, 0.3) is 27.5 Å². The zero-order valence-electron chi connectivity index (χ0n) is 21.9. The molecule has 206 valence electrons. The molecule has 0 atom stereocenters. The van der Waals surface area contributed by atoms with Crippen molar-refractivity contribution in [2.75, 3.05) is 14.1 Å². The van der Waals surface area contributed by atoms with Gasteiger partial charge in [0.05, 0.1) is 31.2 Å². The van der Waals surface area contributed by atoms with Gasteiger partial charge in [0.2, 0.25) is 5.13 Å². The van der Waals surface area contributed by atoms with Crippen molar-refractivity contribution in [3.05, 3.63) is 69.0 Å². The largest absolute Gasteiger partial charge is 0.416 e. The van der Waals surface area contributed by atoms with Gasteiger partial charge in [0.15, 0.2) is 0 Å². The molecule has 0 aliphatic carbocycles. The van der Waals surface area contributed by atoms with Gasteiger partial charge in [-0.3, -0.25) is 4.79 Å². The molecule has 4 aromatic rings. The fraction of sp³-hybridized carbons (Fsp3) is 0.296. The number of rotatable bonds is 6. The molecule has 39 heavy (non-hydrogen) atoms. The van der Waals surface area contributed by atoms with E-state index < -0.39 is 17.6 Å². The maximum atomic E-state index is 13.7. The van der Waals surface area contributed by atoms with Crippen LogP contribution in [0, 0.1) is 13.8 Å². The highest BCUT2D eigenvalue weighted by Crippen LogP contribution is 2.42. The number of benzene rings is 2. The van der Waals surface area contributed by atoms with Crippen LogP contribution in [-0.4, -0.2) is 44.9 Å². The van der Waals surface area contributed by atoms with Crippen LogP contribution in [0.2, 0.25) is 10.0 Å². The third-order valence-corrected chi connectivity index (χ3v) is 8.65. The number of aromatic nitrogens is 3. The molecule has 2 aromatic carbocycles. The predicted molar refractivity (Wildman–Crippen MR) is 154 cm³/mol. The van der Waals surface area contributed by atoms with Gasteiger partial charge in [-0.05, 0) is 49.2 Å². The van der Waals surface area contributed by atoms with Gasteiger partial charge in [0, 0.05) is 30.5 Å². The van der Waals surface area contributed by atoms with Crippen molar-refractivity contribution in [2.24, 2.45) is 0 Å². The molecule has 0 saturated carbocycles. The van der Waals surface area contributed by atoms with Crippen molar-refractivity contribution in [1.29, 1.82) is 0 Å². The fourth-order valence-corrected chi connectivity index (χ4v) is 6.79. The smallest absolute Gasteiger partial charge is 0.343 e. The van der Waals surface area contributed by atoms with E-state index in [1.807, 2.05) is 6.07 Å². The highest BCUT2D eigenvalue weighted by atomic mass is 35.5. The van der Waals surface area contributed by atoms with E-state index in [1.165, 1.54) is 20.9 Å². The number of hydrogen-bond acceptors (Lipinski definition) is 5. The first-order valence-corrected chi connectivity index (χ1v) is 14.3. The molecule has 1 amide bonds. The van der Waals surface area contributed by atoms with Crippen molar-refractivity contribution in [1.82, 2.24) is 19.7 Å². The lowest BCUT2D eigenvalue weighted by molar-refractivity contribution is -0.137. The average molecular weight is 614 g/mol. The Morgan fingerprint density at radius 2 is 1.74 bits per heavy atom. The van der Waals surface area contributed by atoms with Crippen LogP contribution >= 0.6 is 46.3 Å². The van der Waals surface area contributed by atoms with E-state index in [-0.39, 0.29) is 16.5 Å². The summed E-state index contributed by atoms with van der Waals surface area (Å²) in [5.74, 6) is -0.412. The van der Waals surface area contributed by atoms with Crippen molar-refractivity contribution in [2.45, 2.75) is 43.3 Å². The molecule has 0 saturated heterocycles. The normalized spacial score (nSPS) is 11.9. The molecule has 0 spiro atoms. The van der Waals surface area contributed by atoms with Crippen molar-refractivity contribution >= 4 is 52.2 Å². The highest BCUT2D eigenvalue weighted by Gasteiger charge is 2.33. The van der Waals surface area contributed by atoms with Gasteiger partial charge in [0.1, 0.15) is 5.69 Å². The van der Waals surface area contributed by atoms with Gasteiger partial charge in [-0.2, -0.15) is 23.0 Å². The number of hydrogen-bond donors (Lipinski definition) is 0. The van der Waals surface area contributed by atoms with E-state index in [9.17, 15) is 18.0 Å². The third-order valence-electron chi connectivity index (χ3n) is 5.66. The molecular formula is C27H25Cl2F3N4OS2. The zero-order valence-corrected chi connectivity index (χ0v) is 25.1. The molecule has 0 aliphatic heterocycles. The Labute approximate surface area is 243 Å². The number of amides is 1. The number of carbonyl (C=O) groups excluding carboxylic acids is 1. The van der Waals surface area contributed by atoms with Gasteiger partial charge >= 0.3 is 6.18 Å². The molecule has 4 rings (SSSR count). The highest BCUT2D eigenvalue weighted by molar-refractivity contribution is 8.01. The first-order valence-electron chi connectivity index (χ1n) is 11.8. The maximum absolute atomic E-state index is 13.7. The van der Waals surface area contributed by atoms with Gasteiger partial charge < -0.3 is 4.90 Å². The molecule has 2 aromatic heterocycles. The predicted octanol–water partition coefficient (Wildman–Crippen LogP) is 8.81. The van der Waals surface area contributed by atoms with Crippen LogP contribution in [0.1, 0.15) is 41.2 Å². The standard InChI is InChI=1S/C27H25Cl2F3N4OS2/c1-13(2)38-25-22(16-7-8-19(28)20(29)12-16)33-26(39-25)36-23(24(37)35(5)6)21(15(4)34-36)17-9-14(3)10-18(11-17)27(30,31)32/h7-13H,1-6H3. The minimum atomic E-state index is -4.54. The first-order chi connectivity index (χ1) is 18.2. The summed E-state index contributed by atoms with van der Waals surface area (Å²) in [5.41, 5.74) is 2.14. The lowest BCUT2D eigenvalue weighted by Crippen LogP contribution is -2.25. The van der Waals surface area contributed by atoms with Crippen LogP contribution in [0.3, 0.4) is 0 Å². The monoisotopic (exact) mass is 612 g/mol. The van der Waals surface area contributed by atoms with Gasteiger partial charge in [-0.15, -0.1) is 11.8 Å². The minimum absolute atomic E-state index is 0.131. The van der Waals surface area contributed by atoms with Crippen LogP contribution in [0.4, 0.5) is 13.2 Å². The second kappa shape index (κ2) is 11.2. The van der Waals surface area contributed by atoms with Crippen LogP contribution in [0.15, 0.2) is 40.6 Å². The molecule has 5 nitrogen and oxygen atoms in total. The van der Waals surface area contributed by atoms with Crippen LogP contribution < -0.4 is 0 Å². The van der Waals surface area contributed by atoms with Crippen LogP contribution in [-0.2, 0) is 6.18 Å². The second-order valence-electron chi connectivity index (χ2n) is 9.43. The van der Waals surface area contributed by atoms with E-state index in [2.05, 4.69) is 18.9 Å². The van der Waals surface area contributed by atoms with Crippen molar-refractivity contribution in [3.63, 3.8) is 0 Å². The number of alkyl halides is 3. The van der Waals surface area contributed by atoms with Crippen molar-refractivity contribution in [3.8, 4) is 27.5 Å². The molecular weight excluding hydrogens is 588 g/mol. The molecule has 0 bridgehead atoms. The number of thiazole rings is 1. The molecule has 2 heterocycles. The maximum Gasteiger partial charge on any atom is 0.416 e. The number of halogens is 5. The van der Waals surface area contributed by atoms with E-state index in [0.717, 1.165) is 21.9 Å². The quantitative estimate of drug-likeness (QED) is 0.204. The summed E-state index contributed by atoms with van der Waals surface area (Å²) in [4.78, 5) is 19.7. The minimum Gasteiger partial charge on any atom is -0.343 e. The molecule has 0 aliphatic rings. The van der Waals surface area contributed by atoms with Gasteiger partial charge in [-0.1, -0.05) is 60.5 Å². The summed E-state index contributed by atoms with van der Waals surface area (Å²) in [7, 11) is 3.17. The Hall–Kier alpha value is -2.53. The zero-order chi connectivity index (χ0) is 28.8. The summed E-state index contributed by atoms with van der Waals surface area (Å²) in [6.45, 7) is 7.36. The van der Waals surface area contributed by atoms with Gasteiger partial charge in [-0.25, -0.2) is 4.98 Å². The van der Waals surface area contributed by atoms with Crippen LogP contribution in [0.5, 0.6) is 0 Å². The SMILES string of the molecule is Cc1cc(-c2c(C)nn(-c3nc(-c4ccc(Cl)c(Cl)c4)c(SC(C)C)s3)c2C(=O)N(C)C)cc(C(F)(F)F)c1. The third kappa shape index (κ3) is 6.14. The summed E-state index contributed by atoms with van der Waals surface area (Å²) in [6, 6.07) is 8.99. The Morgan fingerprint density at radius 3 is 2.33 bits per heavy atom. The van der Waals surface area contributed by atoms with Crippen molar-refractivity contribution < 1.29 is 18.0 Å². The average Bonchev–Trinajstić information content (AvgIpc) is 3.39. The first kappa shape index (κ1) is 29.5. The summed E-state index contributed by atoms with van der Waals surface area (Å²) >= 11 is 15.4. The lowest BCUT2D eigenvalue weighted by atomic mass is 9.98. The van der Waals surface area contributed by atoms with E-state index in [1.54, 1.807) is 57.9 Å². The van der Waals surface area contributed by atoms with E-state index in [0.29, 0.717) is 37.7 Å². The number of nitrogens with zero attached hydrogens (tertiary/aromatic N) is 4. The molecule has 0 N–H and O–H groups in total. The van der Waals surface area contributed by atoms with Gasteiger partial charge in [0.25, 0.3) is 5.91 Å². The number of thioether (sulfide) groups is 1. The second-order valence-corrected chi connectivity index (χ2v) is 13.1. The van der Waals surface area contributed by atoms with E-state index in [4.69, 9.17) is 28.2 Å². The van der Waals surface area contributed by atoms with E-state index >= 15 is 0 Å². The number of carbonyl (C=O) groups is 1. The topological polar surface area (TPSA) is 51.0 Å². The molecule has 12 heteroatoms. The summed E-state index contributed by atoms with van der Waals surface area (Å²) < 4.78 is 43.3. The Kier molecular flexibility index (Phi) is 8.42. The summed E-state index contributed by atoms with van der Waals surface area (Å²) in [5, 5.41) is 6.05. The molecule has 0 radical (unpaired) electrons. The molecule has 0 unspecified atom stereocenters. The molecule has 0 fully saturated rings. The number of aryl methyl sites for hydroxylation is 2. The Bertz CT molecular complexity index is 1560. The Balaban J connectivity index is 1.98. The summed E-state index contributed by atoms with van der Waals surface area (Å²) in [6.07, 6.45) is -4.54. The lowest BCUT2D eigenvalue weighted by Gasteiger charge is -2.15.